The highest BCUT2D eigenvalue weighted by atomic mass is 16.5. The second kappa shape index (κ2) is 12.8. The number of ether oxygens (including phenoxy) is 1. The van der Waals surface area contributed by atoms with Gasteiger partial charge < -0.3 is 19.5 Å². The van der Waals surface area contributed by atoms with Gasteiger partial charge in [0.05, 0.1) is 12.5 Å². The first kappa shape index (κ1) is 26.1. The van der Waals surface area contributed by atoms with Crippen molar-refractivity contribution in [2.75, 3.05) is 19.7 Å². The summed E-state index contributed by atoms with van der Waals surface area (Å²) >= 11 is 0. The van der Waals surface area contributed by atoms with E-state index in [1.165, 1.54) is 0 Å². The van der Waals surface area contributed by atoms with Crippen LogP contribution < -0.4 is 5.32 Å². The molecule has 8 heteroatoms. The normalized spacial score (nSPS) is 22.4. The molecule has 1 saturated carbocycles. The Balaban J connectivity index is 1.30. The fourth-order valence-corrected chi connectivity index (χ4v) is 5.62. The molecule has 1 aliphatic carbocycles. The third-order valence-corrected chi connectivity index (χ3v) is 7.59. The van der Waals surface area contributed by atoms with Crippen LogP contribution in [0.1, 0.15) is 67.3 Å². The van der Waals surface area contributed by atoms with E-state index in [4.69, 9.17) is 9.26 Å². The minimum Gasteiger partial charge on any atom is -0.367 e. The Morgan fingerprint density at radius 1 is 0.974 bits per heavy atom. The SMILES string of the molecule is O=C1NCCCCCCN(C(=O)COCc2ccccc2)[C@H]2C[C@H](c3nc(Cc4ccccc4)no3)C[C@@H]12. The summed E-state index contributed by atoms with van der Waals surface area (Å²) in [6, 6.07) is 19.6. The lowest BCUT2D eigenvalue weighted by atomic mass is 10.00. The Morgan fingerprint density at radius 2 is 1.71 bits per heavy atom. The lowest BCUT2D eigenvalue weighted by molar-refractivity contribution is -0.141. The molecular formula is C30H36N4O4. The summed E-state index contributed by atoms with van der Waals surface area (Å²) in [5.74, 6) is 0.727. The molecule has 2 fully saturated rings. The molecular weight excluding hydrogens is 480 g/mol. The van der Waals surface area contributed by atoms with E-state index in [1.54, 1.807) is 0 Å². The van der Waals surface area contributed by atoms with Gasteiger partial charge in [0.1, 0.15) is 6.61 Å². The average Bonchev–Trinajstić information content (AvgIpc) is 3.58. The van der Waals surface area contributed by atoms with Gasteiger partial charge in [-0.25, -0.2) is 0 Å². The van der Waals surface area contributed by atoms with Crippen molar-refractivity contribution in [2.24, 2.45) is 5.92 Å². The molecule has 1 N–H and O–H groups in total. The van der Waals surface area contributed by atoms with Gasteiger partial charge in [0.15, 0.2) is 5.82 Å². The van der Waals surface area contributed by atoms with Gasteiger partial charge >= 0.3 is 0 Å². The van der Waals surface area contributed by atoms with Crippen molar-refractivity contribution in [2.45, 2.75) is 63.5 Å². The molecule has 0 bridgehead atoms. The van der Waals surface area contributed by atoms with Gasteiger partial charge in [-0.2, -0.15) is 4.98 Å². The van der Waals surface area contributed by atoms with Gasteiger partial charge in [-0.05, 0) is 36.8 Å². The molecule has 0 radical (unpaired) electrons. The standard InChI is InChI=1S/C30H36N4O4/c35-28(21-37-20-23-13-7-4-8-14-23)34-16-10-2-1-9-15-31-29(36)25-18-24(19-26(25)34)30-32-27(33-38-30)17-22-11-5-3-6-12-22/h3-8,11-14,24-26H,1-2,9-10,15-21H2,(H,31,36)/t24-,25-,26+/m1/s1. The molecule has 2 aliphatic rings. The van der Waals surface area contributed by atoms with Crippen LogP contribution in [0.15, 0.2) is 65.2 Å². The molecule has 2 aromatic carbocycles. The van der Waals surface area contributed by atoms with E-state index in [0.29, 0.717) is 50.7 Å². The minimum atomic E-state index is -0.319. The van der Waals surface area contributed by atoms with Crippen LogP contribution in [0.25, 0.3) is 0 Å². The predicted molar refractivity (Wildman–Crippen MR) is 142 cm³/mol. The Kier molecular flexibility index (Phi) is 8.81. The van der Waals surface area contributed by atoms with E-state index < -0.39 is 0 Å². The molecule has 0 unspecified atom stereocenters. The average molecular weight is 517 g/mol. The number of hydrogen-bond acceptors (Lipinski definition) is 6. The highest BCUT2D eigenvalue weighted by Crippen LogP contribution is 2.41. The number of rotatable bonds is 7. The lowest BCUT2D eigenvalue weighted by Crippen LogP contribution is -2.48. The monoisotopic (exact) mass is 516 g/mol. The number of hydrogen-bond donors (Lipinski definition) is 1. The molecule has 1 aliphatic heterocycles. The van der Waals surface area contributed by atoms with Crippen molar-refractivity contribution in [1.29, 1.82) is 0 Å². The van der Waals surface area contributed by atoms with Crippen molar-refractivity contribution in [1.82, 2.24) is 20.4 Å². The summed E-state index contributed by atoms with van der Waals surface area (Å²) in [5.41, 5.74) is 2.14. The molecule has 200 valence electrons. The fourth-order valence-electron chi connectivity index (χ4n) is 5.62. The van der Waals surface area contributed by atoms with Gasteiger partial charge in [0.25, 0.3) is 0 Å². The van der Waals surface area contributed by atoms with Gasteiger partial charge in [0, 0.05) is 31.5 Å². The lowest BCUT2D eigenvalue weighted by Gasteiger charge is -2.32. The largest absolute Gasteiger partial charge is 0.367 e. The third-order valence-electron chi connectivity index (χ3n) is 7.59. The van der Waals surface area contributed by atoms with Crippen LogP contribution >= 0.6 is 0 Å². The van der Waals surface area contributed by atoms with E-state index in [-0.39, 0.29) is 36.3 Å². The van der Waals surface area contributed by atoms with Crippen LogP contribution in [0.2, 0.25) is 0 Å². The molecule has 1 saturated heterocycles. The fraction of sp³-hybridized carbons (Fsp3) is 0.467. The second-order valence-electron chi connectivity index (χ2n) is 10.3. The molecule has 2 heterocycles. The predicted octanol–water partition coefficient (Wildman–Crippen LogP) is 4.26. The van der Waals surface area contributed by atoms with Crippen molar-refractivity contribution >= 4 is 11.8 Å². The van der Waals surface area contributed by atoms with Crippen LogP contribution in [-0.4, -0.2) is 52.6 Å². The number of nitrogens with zero attached hydrogens (tertiary/aromatic N) is 3. The van der Waals surface area contributed by atoms with Crippen LogP contribution in [-0.2, 0) is 27.4 Å². The molecule has 3 aromatic rings. The Labute approximate surface area is 223 Å². The van der Waals surface area contributed by atoms with Gasteiger partial charge in [-0.3, -0.25) is 9.59 Å². The van der Waals surface area contributed by atoms with Crippen LogP contribution in [0.3, 0.4) is 0 Å². The first-order valence-corrected chi connectivity index (χ1v) is 13.7. The first-order chi connectivity index (χ1) is 18.7. The van der Waals surface area contributed by atoms with Crippen molar-refractivity contribution < 1.29 is 18.8 Å². The molecule has 5 rings (SSSR count). The van der Waals surface area contributed by atoms with Gasteiger partial charge in [0.2, 0.25) is 17.7 Å². The van der Waals surface area contributed by atoms with Crippen molar-refractivity contribution in [3.8, 4) is 0 Å². The van der Waals surface area contributed by atoms with Gasteiger partial charge in [-0.1, -0.05) is 78.7 Å². The molecule has 0 spiro atoms. The quantitative estimate of drug-likeness (QED) is 0.504. The minimum absolute atomic E-state index is 0.00595. The topological polar surface area (TPSA) is 97.6 Å². The molecule has 1 aromatic heterocycles. The zero-order valence-electron chi connectivity index (χ0n) is 21.8. The van der Waals surface area contributed by atoms with E-state index in [1.807, 2.05) is 65.6 Å². The number of nitrogens with one attached hydrogen (secondary N) is 1. The maximum Gasteiger partial charge on any atom is 0.248 e. The van der Waals surface area contributed by atoms with E-state index >= 15 is 0 Å². The summed E-state index contributed by atoms with van der Waals surface area (Å²) in [6.07, 6.45) is 5.72. The third kappa shape index (κ3) is 6.67. The van der Waals surface area contributed by atoms with Crippen LogP contribution in [0, 0.1) is 5.92 Å². The number of carbonyl (C=O) groups excluding carboxylic acids is 2. The highest BCUT2D eigenvalue weighted by molar-refractivity contribution is 5.82. The zero-order chi connectivity index (χ0) is 26.2. The summed E-state index contributed by atoms with van der Waals surface area (Å²) in [6.45, 7) is 1.66. The number of fused-ring (bicyclic) bond motifs is 1. The van der Waals surface area contributed by atoms with E-state index in [2.05, 4.69) is 15.5 Å². The summed E-state index contributed by atoms with van der Waals surface area (Å²) in [5, 5.41) is 7.32. The van der Waals surface area contributed by atoms with Crippen molar-refractivity contribution in [3.05, 3.63) is 83.5 Å². The maximum absolute atomic E-state index is 13.5. The number of amides is 2. The second-order valence-corrected chi connectivity index (χ2v) is 10.3. The van der Waals surface area contributed by atoms with Crippen molar-refractivity contribution in [3.63, 3.8) is 0 Å². The van der Waals surface area contributed by atoms with E-state index in [9.17, 15) is 9.59 Å². The Morgan fingerprint density at radius 3 is 2.50 bits per heavy atom. The molecule has 38 heavy (non-hydrogen) atoms. The summed E-state index contributed by atoms with van der Waals surface area (Å²) in [7, 11) is 0. The zero-order valence-corrected chi connectivity index (χ0v) is 21.8. The van der Waals surface area contributed by atoms with Crippen LogP contribution in [0.4, 0.5) is 0 Å². The summed E-state index contributed by atoms with van der Waals surface area (Å²) < 4.78 is 11.5. The Bertz CT molecular complexity index is 1180. The highest BCUT2D eigenvalue weighted by Gasteiger charge is 2.45. The number of carbonyl (C=O) groups is 2. The molecule has 3 atom stereocenters. The first-order valence-electron chi connectivity index (χ1n) is 13.7. The number of benzene rings is 2. The number of aromatic nitrogens is 2. The van der Waals surface area contributed by atoms with Crippen LogP contribution in [0.5, 0.6) is 0 Å². The molecule has 2 amide bonds. The Hall–Kier alpha value is -3.52. The summed E-state index contributed by atoms with van der Waals surface area (Å²) in [4.78, 5) is 33.3. The smallest absolute Gasteiger partial charge is 0.248 e. The van der Waals surface area contributed by atoms with Gasteiger partial charge in [-0.15, -0.1) is 0 Å². The maximum atomic E-state index is 13.5. The molecule has 8 nitrogen and oxygen atoms in total. The van der Waals surface area contributed by atoms with E-state index in [0.717, 1.165) is 36.8 Å².